The van der Waals surface area contributed by atoms with Gasteiger partial charge in [0.2, 0.25) is 5.91 Å². The molecule has 0 spiro atoms. The predicted molar refractivity (Wildman–Crippen MR) is 79.3 cm³/mol. The fourth-order valence-corrected chi connectivity index (χ4v) is 2.64. The van der Waals surface area contributed by atoms with Gasteiger partial charge in [-0.25, -0.2) is 0 Å². The van der Waals surface area contributed by atoms with Gasteiger partial charge in [0.25, 0.3) is 0 Å². The first-order chi connectivity index (χ1) is 10.9. The maximum atomic E-state index is 12.6. The molecule has 3 rings (SSSR count). The van der Waals surface area contributed by atoms with Crippen LogP contribution < -0.4 is 9.64 Å². The molecular weight excluding hydrogens is 307 g/mol. The van der Waals surface area contributed by atoms with Gasteiger partial charge in [-0.3, -0.25) is 4.79 Å². The molecule has 3 nitrogen and oxygen atoms in total. The van der Waals surface area contributed by atoms with Crippen LogP contribution >= 0.6 is 0 Å². The highest BCUT2D eigenvalue weighted by molar-refractivity contribution is 6.01. The van der Waals surface area contributed by atoms with Gasteiger partial charge in [-0.15, -0.1) is 0 Å². The molecule has 1 heterocycles. The molecular formula is C17H14F3NO2. The normalized spacial score (nSPS) is 17.8. The summed E-state index contributed by atoms with van der Waals surface area (Å²) in [6.07, 6.45) is -4.07. The molecule has 0 bridgehead atoms. The second-order valence-electron chi connectivity index (χ2n) is 5.30. The highest BCUT2D eigenvalue weighted by Crippen LogP contribution is 2.40. The van der Waals surface area contributed by atoms with Crippen LogP contribution in [0.3, 0.4) is 0 Å². The molecule has 0 aliphatic carbocycles. The minimum absolute atomic E-state index is 0.0555. The fraction of sp³-hybridized carbons (Fsp3) is 0.235. The smallest absolute Gasteiger partial charge is 0.416 e. The molecule has 0 radical (unpaired) electrons. The number of amides is 1. The van der Waals surface area contributed by atoms with Gasteiger partial charge in [0.05, 0.1) is 25.1 Å². The van der Waals surface area contributed by atoms with Crippen molar-refractivity contribution in [3.63, 3.8) is 0 Å². The van der Waals surface area contributed by atoms with E-state index in [9.17, 15) is 18.0 Å². The number of ether oxygens (including phenoxy) is 1. The highest BCUT2D eigenvalue weighted by atomic mass is 19.4. The van der Waals surface area contributed by atoms with E-state index in [-0.39, 0.29) is 18.4 Å². The van der Waals surface area contributed by atoms with Gasteiger partial charge in [-0.05, 0) is 42.0 Å². The number of methoxy groups -OCH3 is 1. The summed E-state index contributed by atoms with van der Waals surface area (Å²) in [5.41, 5.74) is 0.697. The molecule has 0 N–H and O–H groups in total. The Morgan fingerprint density at radius 1 is 1.04 bits per heavy atom. The third-order valence-corrected chi connectivity index (χ3v) is 3.92. The van der Waals surface area contributed by atoms with E-state index in [1.54, 1.807) is 36.3 Å². The monoisotopic (exact) mass is 321 g/mol. The number of alkyl halides is 3. The van der Waals surface area contributed by atoms with Crippen molar-refractivity contribution < 1.29 is 22.7 Å². The van der Waals surface area contributed by atoms with Crippen LogP contribution in [0.4, 0.5) is 18.9 Å². The third kappa shape index (κ3) is 2.88. The molecule has 1 fully saturated rings. The second-order valence-corrected chi connectivity index (χ2v) is 5.30. The summed E-state index contributed by atoms with van der Waals surface area (Å²) in [5, 5.41) is 0. The first-order valence-electron chi connectivity index (χ1n) is 7.03. The van der Waals surface area contributed by atoms with Crippen molar-refractivity contribution >= 4 is 11.6 Å². The lowest BCUT2D eigenvalue weighted by molar-refractivity contribution is -0.137. The Morgan fingerprint density at radius 3 is 2.13 bits per heavy atom. The van der Waals surface area contributed by atoms with Crippen molar-refractivity contribution in [2.24, 2.45) is 0 Å². The SMILES string of the molecule is COc1ccc(N2C(=O)CC2c2ccc(C(F)(F)F)cc2)cc1. The first kappa shape index (κ1) is 15.4. The Labute approximate surface area is 131 Å². The van der Waals surface area contributed by atoms with Crippen LogP contribution in [0.5, 0.6) is 5.75 Å². The molecule has 1 aliphatic rings. The fourth-order valence-electron chi connectivity index (χ4n) is 2.64. The third-order valence-electron chi connectivity index (χ3n) is 3.92. The van der Waals surface area contributed by atoms with E-state index >= 15 is 0 Å². The topological polar surface area (TPSA) is 29.5 Å². The maximum absolute atomic E-state index is 12.6. The number of benzene rings is 2. The van der Waals surface area contributed by atoms with Crippen LogP contribution in [0, 0.1) is 0 Å². The van der Waals surface area contributed by atoms with Crippen molar-refractivity contribution in [1.29, 1.82) is 0 Å². The molecule has 0 saturated carbocycles. The summed E-state index contributed by atoms with van der Waals surface area (Å²) in [6.45, 7) is 0. The lowest BCUT2D eigenvalue weighted by atomic mass is 9.92. The Hall–Kier alpha value is -2.50. The van der Waals surface area contributed by atoms with Crippen LogP contribution in [0.15, 0.2) is 48.5 Å². The Balaban J connectivity index is 1.83. The molecule has 1 aliphatic heterocycles. The van der Waals surface area contributed by atoms with E-state index < -0.39 is 11.7 Å². The van der Waals surface area contributed by atoms with Gasteiger partial charge >= 0.3 is 6.18 Å². The standard InChI is InChI=1S/C17H14F3NO2/c1-23-14-8-6-13(7-9-14)21-15(10-16(21)22)11-2-4-12(5-3-11)17(18,19)20/h2-9,15H,10H2,1H3. The number of β-lactam (4-membered cyclic amide) rings is 1. The van der Waals surface area contributed by atoms with Crippen molar-refractivity contribution in [1.82, 2.24) is 0 Å². The van der Waals surface area contributed by atoms with E-state index in [2.05, 4.69) is 0 Å². The van der Waals surface area contributed by atoms with Gasteiger partial charge in [0.1, 0.15) is 5.75 Å². The largest absolute Gasteiger partial charge is 0.497 e. The summed E-state index contributed by atoms with van der Waals surface area (Å²) in [4.78, 5) is 13.5. The van der Waals surface area contributed by atoms with Crippen molar-refractivity contribution in [2.45, 2.75) is 18.6 Å². The molecule has 120 valence electrons. The Bertz CT molecular complexity index is 708. The van der Waals surface area contributed by atoms with Crippen molar-refractivity contribution in [3.05, 3.63) is 59.7 Å². The van der Waals surface area contributed by atoms with Crippen LogP contribution in [-0.4, -0.2) is 13.0 Å². The van der Waals surface area contributed by atoms with Crippen molar-refractivity contribution in [2.75, 3.05) is 12.0 Å². The number of nitrogens with zero attached hydrogens (tertiary/aromatic N) is 1. The van der Waals surface area contributed by atoms with Gasteiger partial charge in [-0.1, -0.05) is 12.1 Å². The number of halogens is 3. The van der Waals surface area contributed by atoms with Gasteiger partial charge in [0.15, 0.2) is 0 Å². The minimum Gasteiger partial charge on any atom is -0.497 e. The van der Waals surface area contributed by atoms with E-state index in [1.807, 2.05) is 0 Å². The second kappa shape index (κ2) is 5.61. The minimum atomic E-state index is -4.36. The van der Waals surface area contributed by atoms with Crippen LogP contribution in [0.2, 0.25) is 0 Å². The van der Waals surface area contributed by atoms with Crippen LogP contribution in [0.1, 0.15) is 23.6 Å². The predicted octanol–water partition coefficient (Wildman–Crippen LogP) is 4.19. The maximum Gasteiger partial charge on any atom is 0.416 e. The average molecular weight is 321 g/mol. The molecule has 1 amide bonds. The summed E-state index contributed by atoms with van der Waals surface area (Å²) in [5.74, 6) is 0.618. The zero-order chi connectivity index (χ0) is 16.6. The number of hydrogen-bond acceptors (Lipinski definition) is 2. The van der Waals surface area contributed by atoms with E-state index in [4.69, 9.17) is 4.74 Å². The van der Waals surface area contributed by atoms with Gasteiger partial charge in [-0.2, -0.15) is 13.2 Å². The molecule has 1 unspecified atom stereocenters. The van der Waals surface area contributed by atoms with Gasteiger partial charge < -0.3 is 9.64 Å². The zero-order valence-corrected chi connectivity index (χ0v) is 12.3. The number of rotatable bonds is 3. The number of carbonyl (C=O) groups excluding carboxylic acids is 1. The summed E-state index contributed by atoms with van der Waals surface area (Å²) in [6, 6.07) is 11.7. The number of carbonyl (C=O) groups is 1. The number of hydrogen-bond donors (Lipinski definition) is 0. The van der Waals surface area contributed by atoms with Gasteiger partial charge in [0, 0.05) is 5.69 Å². The van der Waals surface area contributed by atoms with Crippen molar-refractivity contribution in [3.8, 4) is 5.75 Å². The quantitative estimate of drug-likeness (QED) is 0.793. The van der Waals surface area contributed by atoms with Crippen LogP contribution in [-0.2, 0) is 11.0 Å². The Morgan fingerprint density at radius 2 is 1.65 bits per heavy atom. The van der Waals surface area contributed by atoms with E-state index in [1.165, 1.54) is 12.1 Å². The zero-order valence-electron chi connectivity index (χ0n) is 12.3. The summed E-state index contributed by atoms with van der Waals surface area (Å²) < 4.78 is 42.9. The molecule has 1 saturated heterocycles. The Kier molecular flexibility index (Phi) is 3.75. The average Bonchev–Trinajstić information content (AvgIpc) is 2.52. The summed E-state index contributed by atoms with van der Waals surface area (Å²) >= 11 is 0. The molecule has 0 aromatic heterocycles. The first-order valence-corrected chi connectivity index (χ1v) is 7.03. The lowest BCUT2D eigenvalue weighted by Gasteiger charge is -2.41. The molecule has 1 atom stereocenters. The highest BCUT2D eigenvalue weighted by Gasteiger charge is 2.38. The van der Waals surface area contributed by atoms with E-state index in [0.29, 0.717) is 17.0 Å². The van der Waals surface area contributed by atoms with E-state index in [0.717, 1.165) is 12.1 Å². The summed E-state index contributed by atoms with van der Waals surface area (Å²) in [7, 11) is 1.55. The molecule has 2 aromatic carbocycles. The lowest BCUT2D eigenvalue weighted by Crippen LogP contribution is -2.46. The molecule has 6 heteroatoms. The molecule has 2 aromatic rings. The number of anilines is 1. The molecule has 23 heavy (non-hydrogen) atoms. The van der Waals surface area contributed by atoms with Crippen LogP contribution in [0.25, 0.3) is 0 Å².